The highest BCUT2D eigenvalue weighted by atomic mass is 16.3. The van der Waals surface area contributed by atoms with E-state index in [1.165, 1.54) is 6.42 Å². The van der Waals surface area contributed by atoms with Gasteiger partial charge in [0.05, 0.1) is 5.60 Å². The lowest BCUT2D eigenvalue weighted by molar-refractivity contribution is -0.0613. The van der Waals surface area contributed by atoms with Crippen molar-refractivity contribution in [1.82, 2.24) is 9.97 Å². The molecule has 19 heavy (non-hydrogen) atoms. The molecule has 0 bridgehead atoms. The van der Waals surface area contributed by atoms with Crippen LogP contribution in [-0.2, 0) is 0 Å². The lowest BCUT2D eigenvalue weighted by Gasteiger charge is -2.47. The topological polar surface area (TPSA) is 87.3 Å². The summed E-state index contributed by atoms with van der Waals surface area (Å²) in [6.07, 6.45) is 6.97. The fourth-order valence-corrected chi connectivity index (χ4v) is 3.37. The number of piperidine rings is 1. The second kappa shape index (κ2) is 4.94. The van der Waals surface area contributed by atoms with Crippen LogP contribution in [0.1, 0.15) is 32.1 Å². The first-order valence-corrected chi connectivity index (χ1v) is 6.98. The maximum atomic E-state index is 10.7. The molecule has 2 fully saturated rings. The van der Waals surface area contributed by atoms with Gasteiger partial charge in [-0.2, -0.15) is 4.98 Å². The number of aliphatic hydroxyl groups is 1. The Kier molecular flexibility index (Phi) is 3.28. The van der Waals surface area contributed by atoms with Crippen LogP contribution < -0.4 is 16.2 Å². The minimum Gasteiger partial charge on any atom is -0.389 e. The highest BCUT2D eigenvalue weighted by Crippen LogP contribution is 2.40. The van der Waals surface area contributed by atoms with Crippen molar-refractivity contribution in [3.63, 3.8) is 0 Å². The van der Waals surface area contributed by atoms with Crippen LogP contribution >= 0.6 is 0 Å². The number of hydrogen-bond acceptors (Lipinski definition) is 6. The number of aromatic nitrogens is 2. The van der Waals surface area contributed by atoms with Crippen molar-refractivity contribution in [2.45, 2.75) is 37.7 Å². The Labute approximate surface area is 113 Å². The molecule has 0 spiro atoms. The molecule has 1 aromatic heterocycles. The summed E-state index contributed by atoms with van der Waals surface area (Å²) in [5.74, 6) is 7.02. The van der Waals surface area contributed by atoms with Crippen molar-refractivity contribution in [2.75, 3.05) is 23.4 Å². The van der Waals surface area contributed by atoms with Gasteiger partial charge in [0, 0.05) is 25.2 Å². The average molecular weight is 263 g/mol. The van der Waals surface area contributed by atoms with Crippen molar-refractivity contribution < 1.29 is 5.11 Å². The van der Waals surface area contributed by atoms with E-state index in [0.717, 1.165) is 44.6 Å². The van der Waals surface area contributed by atoms with Gasteiger partial charge in [0.2, 0.25) is 5.95 Å². The molecule has 2 heterocycles. The van der Waals surface area contributed by atoms with Crippen LogP contribution in [0.4, 0.5) is 11.8 Å². The molecule has 2 unspecified atom stereocenters. The largest absolute Gasteiger partial charge is 0.389 e. The lowest BCUT2D eigenvalue weighted by atomic mass is 9.71. The standard InChI is InChI=1S/C13H21N5O/c14-17-12-15-7-4-11(16-12)18-8-6-13(19)5-2-1-3-10(13)9-18/h4,7,10,19H,1-3,5-6,8-9,14H2,(H,15,16,17). The predicted octanol–water partition coefficient (Wildman–Crippen LogP) is 0.894. The molecule has 6 heteroatoms. The molecule has 1 aliphatic heterocycles. The molecule has 6 nitrogen and oxygen atoms in total. The van der Waals surface area contributed by atoms with Crippen molar-refractivity contribution >= 4 is 11.8 Å². The molecule has 1 saturated heterocycles. The second-order valence-corrected chi connectivity index (χ2v) is 5.63. The van der Waals surface area contributed by atoms with Crippen LogP contribution in [0.25, 0.3) is 0 Å². The summed E-state index contributed by atoms with van der Waals surface area (Å²) >= 11 is 0. The zero-order chi connectivity index (χ0) is 13.3. The first-order valence-electron chi connectivity index (χ1n) is 6.98. The van der Waals surface area contributed by atoms with Crippen LogP contribution in [0.15, 0.2) is 12.3 Å². The fourth-order valence-electron chi connectivity index (χ4n) is 3.37. The Morgan fingerprint density at radius 2 is 2.32 bits per heavy atom. The van der Waals surface area contributed by atoms with Crippen molar-refractivity contribution in [1.29, 1.82) is 0 Å². The van der Waals surface area contributed by atoms with E-state index >= 15 is 0 Å². The molecule has 0 amide bonds. The summed E-state index contributed by atoms with van der Waals surface area (Å²) in [5.41, 5.74) is 2.02. The summed E-state index contributed by atoms with van der Waals surface area (Å²) in [5, 5.41) is 10.7. The third-order valence-corrected chi connectivity index (χ3v) is 4.52. The summed E-state index contributed by atoms with van der Waals surface area (Å²) < 4.78 is 0. The number of hydrazine groups is 1. The quantitative estimate of drug-likeness (QED) is 0.542. The van der Waals surface area contributed by atoms with Gasteiger partial charge < -0.3 is 10.0 Å². The van der Waals surface area contributed by atoms with Gasteiger partial charge in [-0.15, -0.1) is 0 Å². The van der Waals surface area contributed by atoms with Crippen molar-refractivity contribution in [3.8, 4) is 0 Å². The maximum absolute atomic E-state index is 10.7. The van der Waals surface area contributed by atoms with E-state index in [1.807, 2.05) is 6.07 Å². The molecular weight excluding hydrogens is 242 g/mol. The number of hydrogen-bond donors (Lipinski definition) is 3. The summed E-state index contributed by atoms with van der Waals surface area (Å²) in [6, 6.07) is 1.90. The highest BCUT2D eigenvalue weighted by molar-refractivity contribution is 5.43. The highest BCUT2D eigenvalue weighted by Gasteiger charge is 2.42. The Morgan fingerprint density at radius 3 is 3.16 bits per heavy atom. The monoisotopic (exact) mass is 263 g/mol. The number of nitrogen functional groups attached to an aromatic ring is 1. The number of nitrogens with two attached hydrogens (primary N) is 1. The minimum atomic E-state index is -0.448. The van der Waals surface area contributed by atoms with Gasteiger partial charge in [0.25, 0.3) is 0 Å². The van der Waals surface area contributed by atoms with E-state index in [2.05, 4.69) is 20.3 Å². The van der Waals surface area contributed by atoms with Gasteiger partial charge in [-0.1, -0.05) is 12.8 Å². The number of anilines is 2. The van der Waals surface area contributed by atoms with Gasteiger partial charge >= 0.3 is 0 Å². The average Bonchev–Trinajstić information content (AvgIpc) is 2.46. The van der Waals surface area contributed by atoms with E-state index in [0.29, 0.717) is 11.9 Å². The number of fused-ring (bicyclic) bond motifs is 1. The minimum absolute atomic E-state index is 0.360. The van der Waals surface area contributed by atoms with Gasteiger partial charge in [-0.25, -0.2) is 10.8 Å². The van der Waals surface area contributed by atoms with Crippen LogP contribution in [0.2, 0.25) is 0 Å². The van der Waals surface area contributed by atoms with Crippen LogP contribution in [-0.4, -0.2) is 33.8 Å². The molecule has 2 atom stereocenters. The normalized spacial score (nSPS) is 30.8. The summed E-state index contributed by atoms with van der Waals surface area (Å²) in [4.78, 5) is 10.6. The second-order valence-electron chi connectivity index (χ2n) is 5.63. The van der Waals surface area contributed by atoms with Gasteiger partial charge in [-0.05, 0) is 25.3 Å². The van der Waals surface area contributed by atoms with Gasteiger partial charge in [0.15, 0.2) is 0 Å². The van der Waals surface area contributed by atoms with E-state index in [9.17, 15) is 5.11 Å². The summed E-state index contributed by atoms with van der Waals surface area (Å²) in [7, 11) is 0. The molecule has 1 saturated carbocycles. The third kappa shape index (κ3) is 2.37. The molecule has 3 rings (SSSR count). The predicted molar refractivity (Wildman–Crippen MR) is 73.6 cm³/mol. The lowest BCUT2D eigenvalue weighted by Crippen LogP contribution is -2.53. The number of nitrogens with zero attached hydrogens (tertiary/aromatic N) is 3. The zero-order valence-electron chi connectivity index (χ0n) is 11.0. The number of nitrogens with one attached hydrogen (secondary N) is 1. The number of rotatable bonds is 2. The van der Waals surface area contributed by atoms with Crippen molar-refractivity contribution in [2.24, 2.45) is 11.8 Å². The Hall–Kier alpha value is -1.40. The van der Waals surface area contributed by atoms with Gasteiger partial charge in [0.1, 0.15) is 5.82 Å². The molecule has 1 aliphatic carbocycles. The van der Waals surface area contributed by atoms with Crippen LogP contribution in [0.5, 0.6) is 0 Å². The first kappa shape index (κ1) is 12.6. The Balaban J connectivity index is 1.76. The summed E-state index contributed by atoms with van der Waals surface area (Å²) in [6.45, 7) is 1.71. The fraction of sp³-hybridized carbons (Fsp3) is 0.692. The van der Waals surface area contributed by atoms with E-state index in [-0.39, 0.29) is 0 Å². The molecule has 1 aromatic rings. The molecule has 0 radical (unpaired) electrons. The molecular formula is C13H21N5O. The Bertz CT molecular complexity index is 454. The SMILES string of the molecule is NNc1nccc(N2CCC3(O)CCCCC3C2)n1. The first-order chi connectivity index (χ1) is 9.21. The van der Waals surface area contributed by atoms with Crippen LogP contribution in [0, 0.1) is 5.92 Å². The molecule has 104 valence electrons. The smallest absolute Gasteiger partial charge is 0.239 e. The maximum Gasteiger partial charge on any atom is 0.239 e. The van der Waals surface area contributed by atoms with E-state index in [4.69, 9.17) is 5.84 Å². The molecule has 2 aliphatic rings. The van der Waals surface area contributed by atoms with Crippen molar-refractivity contribution in [3.05, 3.63) is 12.3 Å². The van der Waals surface area contributed by atoms with Gasteiger partial charge in [-0.3, -0.25) is 5.43 Å². The van der Waals surface area contributed by atoms with E-state index < -0.39 is 5.60 Å². The van der Waals surface area contributed by atoms with E-state index in [1.54, 1.807) is 6.20 Å². The third-order valence-electron chi connectivity index (χ3n) is 4.52. The Morgan fingerprint density at radius 1 is 1.42 bits per heavy atom. The zero-order valence-corrected chi connectivity index (χ0v) is 11.0. The molecule has 4 N–H and O–H groups in total. The molecule has 0 aromatic carbocycles. The van der Waals surface area contributed by atoms with Crippen LogP contribution in [0.3, 0.4) is 0 Å².